The lowest BCUT2D eigenvalue weighted by molar-refractivity contribution is -0.121. The van der Waals surface area contributed by atoms with Gasteiger partial charge in [0.2, 0.25) is 11.8 Å². The van der Waals surface area contributed by atoms with E-state index in [0.717, 1.165) is 35.5 Å². The molecule has 2 aromatic carbocycles. The van der Waals surface area contributed by atoms with Crippen LogP contribution in [0, 0.1) is 0 Å². The zero-order chi connectivity index (χ0) is 18.4. The second-order valence-corrected chi connectivity index (χ2v) is 6.44. The van der Waals surface area contributed by atoms with Crippen LogP contribution >= 0.6 is 0 Å². The molecule has 1 saturated heterocycles. The number of amides is 2. The Morgan fingerprint density at radius 2 is 1.96 bits per heavy atom. The van der Waals surface area contributed by atoms with Crippen LogP contribution < -0.4 is 15.0 Å². The van der Waals surface area contributed by atoms with Crippen molar-refractivity contribution in [3.63, 3.8) is 0 Å². The number of ether oxygens (including phenoxy) is 1. The Morgan fingerprint density at radius 3 is 2.65 bits per heavy atom. The van der Waals surface area contributed by atoms with Gasteiger partial charge in [-0.15, -0.1) is 0 Å². The third-order valence-corrected chi connectivity index (χ3v) is 4.59. The molecule has 0 atom stereocenters. The molecule has 0 radical (unpaired) electrons. The van der Waals surface area contributed by atoms with Crippen molar-refractivity contribution in [2.24, 2.45) is 0 Å². The van der Waals surface area contributed by atoms with E-state index in [4.69, 9.17) is 4.74 Å². The third kappa shape index (κ3) is 4.63. The van der Waals surface area contributed by atoms with Gasteiger partial charge >= 0.3 is 0 Å². The third-order valence-electron chi connectivity index (χ3n) is 4.59. The van der Waals surface area contributed by atoms with Crippen LogP contribution in [0.1, 0.15) is 30.4 Å². The number of benzene rings is 2. The number of hydrogen-bond acceptors (Lipinski definition) is 3. The zero-order valence-electron chi connectivity index (χ0n) is 15.0. The smallest absolute Gasteiger partial charge is 0.227 e. The van der Waals surface area contributed by atoms with Crippen LogP contribution in [0.25, 0.3) is 0 Å². The lowest BCUT2D eigenvalue weighted by Gasteiger charge is -2.16. The topological polar surface area (TPSA) is 58.6 Å². The lowest BCUT2D eigenvalue weighted by atomic mass is 10.1. The van der Waals surface area contributed by atoms with Gasteiger partial charge < -0.3 is 15.0 Å². The van der Waals surface area contributed by atoms with Crippen LogP contribution in [-0.4, -0.2) is 25.5 Å². The van der Waals surface area contributed by atoms with Crippen molar-refractivity contribution in [3.8, 4) is 5.75 Å². The molecule has 1 aliphatic rings. The highest BCUT2D eigenvalue weighted by atomic mass is 16.5. The van der Waals surface area contributed by atoms with Crippen LogP contribution in [-0.2, 0) is 22.6 Å². The van der Waals surface area contributed by atoms with Crippen LogP contribution in [0.2, 0.25) is 0 Å². The number of rotatable bonds is 7. The average molecular weight is 352 g/mol. The van der Waals surface area contributed by atoms with E-state index in [1.54, 1.807) is 7.11 Å². The van der Waals surface area contributed by atoms with Gasteiger partial charge in [-0.25, -0.2) is 0 Å². The van der Waals surface area contributed by atoms with Gasteiger partial charge in [-0.3, -0.25) is 9.59 Å². The summed E-state index contributed by atoms with van der Waals surface area (Å²) >= 11 is 0. The molecule has 0 aromatic heterocycles. The molecule has 2 amide bonds. The highest BCUT2D eigenvalue weighted by Crippen LogP contribution is 2.21. The highest BCUT2D eigenvalue weighted by molar-refractivity contribution is 5.95. The minimum atomic E-state index is 0.0200. The van der Waals surface area contributed by atoms with E-state index in [9.17, 15) is 9.59 Å². The molecule has 0 aliphatic carbocycles. The maximum Gasteiger partial charge on any atom is 0.227 e. The molecular weight excluding hydrogens is 328 g/mol. The molecule has 1 fully saturated rings. The van der Waals surface area contributed by atoms with E-state index in [0.29, 0.717) is 25.8 Å². The van der Waals surface area contributed by atoms with Crippen LogP contribution in [0.3, 0.4) is 0 Å². The molecule has 0 bridgehead atoms. The standard InChI is InChI=1S/C21H24N2O3/c1-26-19-5-2-4-16(14-19)9-12-20(24)22-15-17-7-10-18(11-8-17)23-13-3-6-21(23)25/h2,4-5,7-8,10-11,14H,3,6,9,12-13,15H2,1H3,(H,22,24). The molecule has 3 rings (SSSR count). The normalized spacial score (nSPS) is 13.7. The monoisotopic (exact) mass is 352 g/mol. The van der Waals surface area contributed by atoms with Gasteiger partial charge in [-0.2, -0.15) is 0 Å². The summed E-state index contributed by atoms with van der Waals surface area (Å²) in [4.78, 5) is 25.6. The Bertz CT molecular complexity index is 771. The number of nitrogens with zero attached hydrogens (tertiary/aromatic N) is 1. The zero-order valence-corrected chi connectivity index (χ0v) is 15.0. The minimum absolute atomic E-state index is 0.0200. The van der Waals surface area contributed by atoms with Crippen molar-refractivity contribution in [1.82, 2.24) is 5.32 Å². The van der Waals surface area contributed by atoms with E-state index in [2.05, 4.69) is 5.32 Å². The van der Waals surface area contributed by atoms with Crippen molar-refractivity contribution < 1.29 is 14.3 Å². The molecular formula is C21H24N2O3. The number of carbonyl (C=O) groups excluding carboxylic acids is 2. The molecule has 0 spiro atoms. The van der Waals surface area contributed by atoms with Crippen LogP contribution in [0.4, 0.5) is 5.69 Å². The summed E-state index contributed by atoms with van der Waals surface area (Å²) in [5, 5.41) is 2.94. The maximum absolute atomic E-state index is 12.1. The first kappa shape index (κ1) is 18.0. The molecule has 26 heavy (non-hydrogen) atoms. The molecule has 1 aliphatic heterocycles. The number of aryl methyl sites for hydroxylation is 1. The van der Waals surface area contributed by atoms with Gasteiger partial charge in [-0.1, -0.05) is 24.3 Å². The van der Waals surface area contributed by atoms with Crippen molar-refractivity contribution in [2.75, 3.05) is 18.6 Å². The Morgan fingerprint density at radius 1 is 1.15 bits per heavy atom. The molecule has 136 valence electrons. The van der Waals surface area contributed by atoms with E-state index >= 15 is 0 Å². The molecule has 1 N–H and O–H groups in total. The number of hydrogen-bond donors (Lipinski definition) is 1. The van der Waals surface area contributed by atoms with E-state index in [-0.39, 0.29) is 11.8 Å². The molecule has 1 heterocycles. The predicted octanol–water partition coefficient (Wildman–Crippen LogP) is 3.07. The Kier molecular flexibility index (Phi) is 5.89. The first-order chi connectivity index (χ1) is 12.7. The van der Waals surface area contributed by atoms with Crippen LogP contribution in [0.5, 0.6) is 5.75 Å². The fraction of sp³-hybridized carbons (Fsp3) is 0.333. The van der Waals surface area contributed by atoms with Crippen molar-refractivity contribution >= 4 is 17.5 Å². The fourth-order valence-electron chi connectivity index (χ4n) is 3.09. The Hall–Kier alpha value is -2.82. The Balaban J connectivity index is 1.46. The summed E-state index contributed by atoms with van der Waals surface area (Å²) in [5.74, 6) is 1.01. The number of nitrogens with one attached hydrogen (secondary N) is 1. The average Bonchev–Trinajstić information content (AvgIpc) is 3.11. The van der Waals surface area contributed by atoms with Gasteiger partial charge in [0.1, 0.15) is 5.75 Å². The highest BCUT2D eigenvalue weighted by Gasteiger charge is 2.21. The van der Waals surface area contributed by atoms with Gasteiger partial charge in [-0.05, 0) is 48.2 Å². The minimum Gasteiger partial charge on any atom is -0.497 e. The van der Waals surface area contributed by atoms with E-state index in [1.807, 2.05) is 53.4 Å². The van der Waals surface area contributed by atoms with Crippen molar-refractivity contribution in [2.45, 2.75) is 32.2 Å². The molecule has 5 nitrogen and oxygen atoms in total. The van der Waals surface area contributed by atoms with Gasteiger partial charge in [0.25, 0.3) is 0 Å². The first-order valence-electron chi connectivity index (χ1n) is 8.94. The second-order valence-electron chi connectivity index (χ2n) is 6.44. The van der Waals surface area contributed by atoms with Gasteiger partial charge in [0.15, 0.2) is 0 Å². The first-order valence-corrected chi connectivity index (χ1v) is 8.94. The van der Waals surface area contributed by atoms with Crippen molar-refractivity contribution in [3.05, 3.63) is 59.7 Å². The van der Waals surface area contributed by atoms with Crippen molar-refractivity contribution in [1.29, 1.82) is 0 Å². The SMILES string of the molecule is COc1cccc(CCC(=O)NCc2ccc(N3CCCC3=O)cc2)c1. The largest absolute Gasteiger partial charge is 0.497 e. The van der Waals surface area contributed by atoms with E-state index < -0.39 is 0 Å². The number of methoxy groups -OCH3 is 1. The maximum atomic E-state index is 12.1. The van der Waals surface area contributed by atoms with Gasteiger partial charge in [0.05, 0.1) is 7.11 Å². The fourth-order valence-corrected chi connectivity index (χ4v) is 3.09. The number of carbonyl (C=O) groups is 2. The van der Waals surface area contributed by atoms with Crippen LogP contribution in [0.15, 0.2) is 48.5 Å². The van der Waals surface area contributed by atoms with E-state index in [1.165, 1.54) is 0 Å². The summed E-state index contributed by atoms with van der Waals surface area (Å²) in [7, 11) is 1.64. The molecule has 0 saturated carbocycles. The Labute approximate surface area is 154 Å². The van der Waals surface area contributed by atoms with Gasteiger partial charge in [0, 0.05) is 31.6 Å². The predicted molar refractivity (Wildman–Crippen MR) is 101 cm³/mol. The quantitative estimate of drug-likeness (QED) is 0.833. The lowest BCUT2D eigenvalue weighted by Crippen LogP contribution is -2.24. The molecule has 5 heteroatoms. The summed E-state index contributed by atoms with van der Waals surface area (Å²) < 4.78 is 5.20. The summed E-state index contributed by atoms with van der Waals surface area (Å²) in [6, 6.07) is 15.6. The second kappa shape index (κ2) is 8.52. The summed E-state index contributed by atoms with van der Waals surface area (Å²) in [6.07, 6.45) is 2.67. The molecule has 2 aromatic rings. The summed E-state index contributed by atoms with van der Waals surface area (Å²) in [6.45, 7) is 1.28. The number of anilines is 1. The molecule has 0 unspecified atom stereocenters. The summed E-state index contributed by atoms with van der Waals surface area (Å²) in [5.41, 5.74) is 3.04.